The Bertz CT molecular complexity index is 1270. The van der Waals surface area contributed by atoms with Gasteiger partial charge in [0.2, 0.25) is 5.71 Å². The number of nitrogens with zero attached hydrogens (tertiary/aromatic N) is 3. The third kappa shape index (κ3) is 6.41. The van der Waals surface area contributed by atoms with E-state index in [1.807, 2.05) is 11.4 Å². The summed E-state index contributed by atoms with van der Waals surface area (Å²) < 4.78 is 44.5. The Labute approximate surface area is 207 Å². The van der Waals surface area contributed by atoms with Gasteiger partial charge in [-0.1, -0.05) is 35.3 Å². The summed E-state index contributed by atoms with van der Waals surface area (Å²) in [6.45, 7) is 2.94. The number of alkyl halides is 3. The van der Waals surface area contributed by atoms with Crippen molar-refractivity contribution in [2.75, 3.05) is 12.0 Å². The summed E-state index contributed by atoms with van der Waals surface area (Å²) in [5.41, 5.74) is -0.568. The highest BCUT2D eigenvalue weighted by Gasteiger charge is 2.37. The molecule has 2 aromatic carbocycles. The van der Waals surface area contributed by atoms with E-state index in [1.54, 1.807) is 0 Å². The number of benzene rings is 2. The number of hydrogen-bond acceptors (Lipinski definition) is 7. The molecule has 1 atom stereocenters. The van der Waals surface area contributed by atoms with E-state index in [9.17, 15) is 28.0 Å². The standard InChI is InChI=1S/C22H16Cl2F3N5O3/c1-3-35-20(34)30-19(33)18(10-28)32-31-13-5-6-14(17(24)9-13)21(2,11-29)12-4-7-16(23)15(8-12)22(25,26)27/h4-9,31H,3H2,1-2H3,(H,30,33,34). The Balaban J connectivity index is 2.36. The highest BCUT2D eigenvalue weighted by atomic mass is 35.5. The molecule has 0 heterocycles. The SMILES string of the molecule is CCOC(=O)NC(=O)C(C#N)=NNc1ccc(C(C)(C#N)c2ccc(Cl)c(C(F)(F)F)c2)c(Cl)c1. The molecule has 2 rings (SSSR count). The minimum Gasteiger partial charge on any atom is -0.450 e. The number of halogens is 5. The predicted molar refractivity (Wildman–Crippen MR) is 122 cm³/mol. The summed E-state index contributed by atoms with van der Waals surface area (Å²) in [6, 6.07) is 10.7. The molecule has 0 aliphatic rings. The normalized spacial score (nSPS) is 13.1. The average molecular weight is 526 g/mol. The molecule has 0 radical (unpaired) electrons. The molecular weight excluding hydrogens is 510 g/mol. The van der Waals surface area contributed by atoms with E-state index in [2.05, 4.69) is 15.3 Å². The lowest BCUT2D eigenvalue weighted by Gasteiger charge is -2.25. The Morgan fingerprint density at radius 3 is 2.31 bits per heavy atom. The molecular formula is C22H16Cl2F3N5O3. The van der Waals surface area contributed by atoms with Crippen LogP contribution in [0.2, 0.25) is 10.0 Å². The first-order valence-electron chi connectivity index (χ1n) is 9.67. The zero-order chi connectivity index (χ0) is 26.4. The first-order valence-corrected chi connectivity index (χ1v) is 10.4. The average Bonchev–Trinajstić information content (AvgIpc) is 2.78. The lowest BCUT2D eigenvalue weighted by atomic mass is 9.77. The zero-order valence-electron chi connectivity index (χ0n) is 18.1. The lowest BCUT2D eigenvalue weighted by molar-refractivity contribution is -0.137. The molecule has 0 saturated heterocycles. The van der Waals surface area contributed by atoms with E-state index in [0.29, 0.717) is 0 Å². The van der Waals surface area contributed by atoms with Crippen molar-refractivity contribution in [3.8, 4) is 12.1 Å². The van der Waals surface area contributed by atoms with Gasteiger partial charge in [-0.2, -0.15) is 28.8 Å². The van der Waals surface area contributed by atoms with Gasteiger partial charge in [0, 0.05) is 5.02 Å². The van der Waals surface area contributed by atoms with Crippen molar-refractivity contribution in [1.82, 2.24) is 5.32 Å². The van der Waals surface area contributed by atoms with Crippen LogP contribution in [0.4, 0.5) is 23.7 Å². The second-order valence-corrected chi connectivity index (χ2v) is 7.80. The van der Waals surface area contributed by atoms with Crippen LogP contribution in [0.1, 0.15) is 30.5 Å². The Kier molecular flexibility index (Phi) is 8.69. The summed E-state index contributed by atoms with van der Waals surface area (Å²) in [7, 11) is 0. The van der Waals surface area contributed by atoms with Crippen molar-refractivity contribution < 1.29 is 27.5 Å². The molecule has 2 aromatic rings. The summed E-state index contributed by atoms with van der Waals surface area (Å²) in [6.07, 6.45) is -5.78. The van der Waals surface area contributed by atoms with Gasteiger partial charge in [-0.05, 0) is 49.2 Å². The minimum atomic E-state index is -4.73. The largest absolute Gasteiger partial charge is 0.450 e. The number of hydrogen-bond donors (Lipinski definition) is 2. The van der Waals surface area contributed by atoms with Crippen LogP contribution in [-0.4, -0.2) is 24.3 Å². The van der Waals surface area contributed by atoms with Crippen LogP contribution < -0.4 is 10.7 Å². The number of carbonyl (C=O) groups excluding carboxylic acids is 2. The van der Waals surface area contributed by atoms with Crippen molar-refractivity contribution >= 4 is 46.6 Å². The fraction of sp³-hybridized carbons (Fsp3) is 0.227. The van der Waals surface area contributed by atoms with Crippen LogP contribution in [0.25, 0.3) is 0 Å². The Morgan fingerprint density at radius 2 is 1.77 bits per heavy atom. The third-order valence-electron chi connectivity index (χ3n) is 4.69. The summed E-state index contributed by atoms with van der Waals surface area (Å²) in [5, 5.41) is 23.8. The van der Waals surface area contributed by atoms with Gasteiger partial charge in [-0.3, -0.25) is 15.5 Å². The van der Waals surface area contributed by atoms with Gasteiger partial charge < -0.3 is 4.74 Å². The van der Waals surface area contributed by atoms with Crippen molar-refractivity contribution in [2.45, 2.75) is 25.4 Å². The molecule has 0 spiro atoms. The molecule has 0 bridgehead atoms. The molecule has 182 valence electrons. The second-order valence-electron chi connectivity index (χ2n) is 6.98. The number of ether oxygens (including phenoxy) is 1. The number of anilines is 1. The predicted octanol–water partition coefficient (Wildman–Crippen LogP) is 5.41. The summed E-state index contributed by atoms with van der Waals surface area (Å²) in [4.78, 5) is 23.2. The maximum atomic E-state index is 13.3. The molecule has 8 nitrogen and oxygen atoms in total. The van der Waals surface area contributed by atoms with Crippen molar-refractivity contribution in [3.63, 3.8) is 0 Å². The smallest absolute Gasteiger partial charge is 0.417 e. The topological polar surface area (TPSA) is 127 Å². The van der Waals surface area contributed by atoms with Gasteiger partial charge in [-0.15, -0.1) is 0 Å². The van der Waals surface area contributed by atoms with Crippen LogP contribution in [-0.2, 0) is 21.1 Å². The number of nitriles is 2. The lowest BCUT2D eigenvalue weighted by Crippen LogP contribution is -2.36. The number of rotatable bonds is 6. The zero-order valence-corrected chi connectivity index (χ0v) is 19.6. The van der Waals surface area contributed by atoms with Crippen LogP contribution in [0.5, 0.6) is 0 Å². The van der Waals surface area contributed by atoms with E-state index in [-0.39, 0.29) is 28.4 Å². The summed E-state index contributed by atoms with van der Waals surface area (Å²) >= 11 is 12.0. The van der Waals surface area contributed by atoms with Gasteiger partial charge >= 0.3 is 12.3 Å². The highest BCUT2D eigenvalue weighted by Crippen LogP contribution is 2.41. The van der Waals surface area contributed by atoms with Gasteiger partial charge in [0.1, 0.15) is 11.5 Å². The molecule has 0 fully saturated rings. The van der Waals surface area contributed by atoms with Crippen molar-refractivity contribution in [1.29, 1.82) is 10.5 Å². The molecule has 0 saturated carbocycles. The first-order chi connectivity index (χ1) is 16.4. The number of carbonyl (C=O) groups is 2. The maximum Gasteiger partial charge on any atom is 0.417 e. The van der Waals surface area contributed by atoms with Gasteiger partial charge in [0.05, 0.1) is 28.9 Å². The maximum absolute atomic E-state index is 13.3. The minimum absolute atomic E-state index is 0.00718. The Morgan fingerprint density at radius 1 is 1.09 bits per heavy atom. The molecule has 35 heavy (non-hydrogen) atoms. The fourth-order valence-corrected chi connectivity index (χ4v) is 3.48. The van der Waals surface area contributed by atoms with Crippen LogP contribution in [0, 0.1) is 22.7 Å². The Hall–Kier alpha value is -3.80. The molecule has 1 unspecified atom stereocenters. The molecule has 2 amide bonds. The van der Waals surface area contributed by atoms with Crippen LogP contribution in [0.15, 0.2) is 41.5 Å². The van der Waals surface area contributed by atoms with Crippen molar-refractivity contribution in [3.05, 3.63) is 63.1 Å². The monoisotopic (exact) mass is 525 g/mol. The first kappa shape index (κ1) is 27.4. The number of amides is 2. The van der Waals surface area contributed by atoms with E-state index >= 15 is 0 Å². The molecule has 0 aliphatic carbocycles. The number of hydrazone groups is 1. The molecule has 0 aromatic heterocycles. The van der Waals surface area contributed by atoms with E-state index in [0.717, 1.165) is 12.1 Å². The van der Waals surface area contributed by atoms with Gasteiger partial charge in [0.25, 0.3) is 5.91 Å². The molecule has 0 aliphatic heterocycles. The number of alkyl carbamates (subject to hydrolysis) is 1. The number of nitrogens with one attached hydrogen (secondary N) is 2. The quantitative estimate of drug-likeness (QED) is 0.383. The summed E-state index contributed by atoms with van der Waals surface area (Å²) in [5.74, 6) is -1.11. The van der Waals surface area contributed by atoms with Crippen molar-refractivity contribution in [2.24, 2.45) is 5.10 Å². The molecule has 13 heteroatoms. The second kappa shape index (κ2) is 11.1. The van der Waals surface area contributed by atoms with Gasteiger partial charge in [0.15, 0.2) is 0 Å². The number of imide groups is 1. The van der Waals surface area contributed by atoms with E-state index in [4.69, 9.17) is 28.5 Å². The van der Waals surface area contributed by atoms with Crippen LogP contribution in [0.3, 0.4) is 0 Å². The fourth-order valence-electron chi connectivity index (χ4n) is 2.89. The van der Waals surface area contributed by atoms with Gasteiger partial charge in [-0.25, -0.2) is 4.79 Å². The highest BCUT2D eigenvalue weighted by molar-refractivity contribution is 6.46. The third-order valence-corrected chi connectivity index (χ3v) is 5.33. The van der Waals surface area contributed by atoms with E-state index in [1.165, 1.54) is 44.2 Å². The van der Waals surface area contributed by atoms with Crippen LogP contribution >= 0.6 is 23.2 Å². The van der Waals surface area contributed by atoms with E-state index < -0.39 is 39.9 Å². The molecule has 2 N–H and O–H groups in total.